The van der Waals surface area contributed by atoms with Gasteiger partial charge in [-0.1, -0.05) is 19.1 Å². The standard InChI is InChI=1S/C11H17N/c1-3-12-8-9(2)10-6-4-5-7-11(10)12/h4,6,9H,3,5,7-8H2,1-2H3. The molecule has 66 valence electrons. The molecule has 0 aromatic rings. The van der Waals surface area contributed by atoms with E-state index in [0.717, 1.165) is 5.92 Å². The summed E-state index contributed by atoms with van der Waals surface area (Å²) >= 11 is 0. The van der Waals surface area contributed by atoms with Crippen molar-refractivity contribution in [2.75, 3.05) is 13.1 Å². The highest BCUT2D eigenvalue weighted by molar-refractivity contribution is 5.34. The van der Waals surface area contributed by atoms with Crippen LogP contribution in [0.1, 0.15) is 26.7 Å². The topological polar surface area (TPSA) is 3.24 Å². The number of allylic oxidation sites excluding steroid dienone is 3. The molecule has 0 saturated heterocycles. The maximum Gasteiger partial charge on any atom is 0.0241 e. The molecule has 0 saturated carbocycles. The lowest BCUT2D eigenvalue weighted by molar-refractivity contribution is 0.359. The highest BCUT2D eigenvalue weighted by atomic mass is 15.2. The normalized spacial score (nSPS) is 28.2. The maximum atomic E-state index is 2.53. The molecule has 2 aliphatic rings. The maximum absolute atomic E-state index is 2.53. The summed E-state index contributed by atoms with van der Waals surface area (Å²) < 4.78 is 0. The van der Waals surface area contributed by atoms with Crippen LogP contribution in [0.4, 0.5) is 0 Å². The third kappa shape index (κ3) is 1.08. The lowest BCUT2D eigenvalue weighted by Gasteiger charge is -2.21. The molecule has 0 fully saturated rings. The fourth-order valence-corrected chi connectivity index (χ4v) is 2.32. The molecule has 2 rings (SSSR count). The van der Waals surface area contributed by atoms with Gasteiger partial charge in [0.05, 0.1) is 0 Å². The zero-order valence-electron chi connectivity index (χ0n) is 8.01. The minimum Gasteiger partial charge on any atom is -0.374 e. The molecule has 1 heteroatoms. The molecule has 0 bridgehead atoms. The van der Waals surface area contributed by atoms with Crippen molar-refractivity contribution in [3.05, 3.63) is 23.4 Å². The predicted molar refractivity (Wildman–Crippen MR) is 51.8 cm³/mol. The highest BCUT2D eigenvalue weighted by Crippen LogP contribution is 2.34. The smallest absolute Gasteiger partial charge is 0.0241 e. The van der Waals surface area contributed by atoms with Gasteiger partial charge in [0.25, 0.3) is 0 Å². The quantitative estimate of drug-likeness (QED) is 0.574. The van der Waals surface area contributed by atoms with E-state index in [0.29, 0.717) is 0 Å². The Bertz CT molecular complexity index is 237. The van der Waals surface area contributed by atoms with Crippen LogP contribution in [0, 0.1) is 5.92 Å². The van der Waals surface area contributed by atoms with Crippen LogP contribution < -0.4 is 0 Å². The van der Waals surface area contributed by atoms with E-state index in [1.165, 1.54) is 25.9 Å². The second kappa shape index (κ2) is 2.96. The van der Waals surface area contributed by atoms with Gasteiger partial charge in [0, 0.05) is 24.7 Å². The molecule has 1 aliphatic carbocycles. The van der Waals surface area contributed by atoms with E-state index in [-0.39, 0.29) is 0 Å². The summed E-state index contributed by atoms with van der Waals surface area (Å²) in [7, 11) is 0. The van der Waals surface area contributed by atoms with Gasteiger partial charge in [-0.05, 0) is 25.3 Å². The molecule has 0 aromatic carbocycles. The largest absolute Gasteiger partial charge is 0.374 e. The fraction of sp³-hybridized carbons (Fsp3) is 0.636. The van der Waals surface area contributed by atoms with Crippen molar-refractivity contribution in [2.45, 2.75) is 26.7 Å². The van der Waals surface area contributed by atoms with Gasteiger partial charge in [0.1, 0.15) is 0 Å². The summed E-state index contributed by atoms with van der Waals surface area (Å²) in [5, 5.41) is 0. The van der Waals surface area contributed by atoms with Gasteiger partial charge in [0.2, 0.25) is 0 Å². The zero-order chi connectivity index (χ0) is 8.55. The van der Waals surface area contributed by atoms with E-state index in [9.17, 15) is 0 Å². The summed E-state index contributed by atoms with van der Waals surface area (Å²) in [4.78, 5) is 2.53. The summed E-state index contributed by atoms with van der Waals surface area (Å²) in [5.74, 6) is 0.761. The van der Waals surface area contributed by atoms with Gasteiger partial charge in [-0.15, -0.1) is 0 Å². The van der Waals surface area contributed by atoms with Gasteiger partial charge in [-0.25, -0.2) is 0 Å². The van der Waals surface area contributed by atoms with E-state index in [1.807, 2.05) is 0 Å². The molecule has 1 unspecified atom stereocenters. The Labute approximate surface area is 74.8 Å². The van der Waals surface area contributed by atoms with Crippen molar-refractivity contribution < 1.29 is 0 Å². The first-order chi connectivity index (χ1) is 5.83. The third-order valence-electron chi connectivity index (χ3n) is 2.97. The summed E-state index contributed by atoms with van der Waals surface area (Å²) in [6.07, 6.45) is 7.15. The van der Waals surface area contributed by atoms with Crippen LogP contribution in [0.3, 0.4) is 0 Å². The van der Waals surface area contributed by atoms with E-state index < -0.39 is 0 Å². The van der Waals surface area contributed by atoms with Crippen LogP contribution in [0.15, 0.2) is 23.4 Å². The number of hydrogen-bond acceptors (Lipinski definition) is 1. The lowest BCUT2D eigenvalue weighted by atomic mass is 9.97. The van der Waals surface area contributed by atoms with Crippen LogP contribution >= 0.6 is 0 Å². The Morgan fingerprint density at radius 1 is 1.58 bits per heavy atom. The summed E-state index contributed by atoms with van der Waals surface area (Å²) in [6.45, 7) is 7.00. The van der Waals surface area contributed by atoms with E-state index in [4.69, 9.17) is 0 Å². The lowest BCUT2D eigenvalue weighted by Crippen LogP contribution is -2.20. The molecule has 0 radical (unpaired) electrons. The average molecular weight is 163 g/mol. The highest BCUT2D eigenvalue weighted by Gasteiger charge is 2.26. The molecule has 0 amide bonds. The Balaban J connectivity index is 2.28. The molecule has 0 spiro atoms. The Kier molecular flexibility index (Phi) is 1.95. The molecule has 1 atom stereocenters. The average Bonchev–Trinajstić information content (AvgIpc) is 2.44. The number of rotatable bonds is 1. The van der Waals surface area contributed by atoms with Gasteiger partial charge in [0.15, 0.2) is 0 Å². The van der Waals surface area contributed by atoms with Crippen LogP contribution in [0.2, 0.25) is 0 Å². The zero-order valence-corrected chi connectivity index (χ0v) is 8.01. The predicted octanol–water partition coefficient (Wildman–Crippen LogP) is 2.56. The van der Waals surface area contributed by atoms with E-state index in [2.05, 4.69) is 30.9 Å². The van der Waals surface area contributed by atoms with Gasteiger partial charge < -0.3 is 4.90 Å². The van der Waals surface area contributed by atoms with Crippen molar-refractivity contribution >= 4 is 0 Å². The minimum atomic E-state index is 0.761. The first-order valence-corrected chi connectivity index (χ1v) is 4.97. The first-order valence-electron chi connectivity index (χ1n) is 4.97. The van der Waals surface area contributed by atoms with Crippen molar-refractivity contribution in [3.63, 3.8) is 0 Å². The molecule has 1 heterocycles. The molecule has 1 nitrogen and oxygen atoms in total. The Hall–Kier alpha value is -0.720. The molecule has 0 N–H and O–H groups in total. The second-order valence-corrected chi connectivity index (χ2v) is 3.78. The molecule has 1 aliphatic heterocycles. The molecular formula is C11H17N. The van der Waals surface area contributed by atoms with Gasteiger partial charge in [-0.3, -0.25) is 0 Å². The molecule has 12 heavy (non-hydrogen) atoms. The van der Waals surface area contributed by atoms with E-state index >= 15 is 0 Å². The van der Waals surface area contributed by atoms with Crippen molar-refractivity contribution in [1.29, 1.82) is 0 Å². The first kappa shape index (κ1) is 7.90. The molecule has 0 aromatic heterocycles. The monoisotopic (exact) mass is 163 g/mol. The minimum absolute atomic E-state index is 0.761. The fourth-order valence-electron chi connectivity index (χ4n) is 2.32. The van der Waals surface area contributed by atoms with Crippen molar-refractivity contribution in [1.82, 2.24) is 4.90 Å². The number of nitrogens with zero attached hydrogens (tertiary/aromatic N) is 1. The summed E-state index contributed by atoms with van der Waals surface area (Å²) in [5.41, 5.74) is 3.22. The van der Waals surface area contributed by atoms with E-state index in [1.54, 1.807) is 11.3 Å². The van der Waals surface area contributed by atoms with Gasteiger partial charge >= 0.3 is 0 Å². The summed E-state index contributed by atoms with van der Waals surface area (Å²) in [6, 6.07) is 0. The van der Waals surface area contributed by atoms with Crippen LogP contribution in [-0.2, 0) is 0 Å². The SMILES string of the molecule is CCN1CC(C)C2=C1CCC=C2. The second-order valence-electron chi connectivity index (χ2n) is 3.78. The van der Waals surface area contributed by atoms with Crippen LogP contribution in [0.25, 0.3) is 0 Å². The number of hydrogen-bond donors (Lipinski definition) is 0. The third-order valence-corrected chi connectivity index (χ3v) is 2.97. The van der Waals surface area contributed by atoms with Crippen LogP contribution in [-0.4, -0.2) is 18.0 Å². The Morgan fingerprint density at radius 2 is 2.42 bits per heavy atom. The Morgan fingerprint density at radius 3 is 3.17 bits per heavy atom. The van der Waals surface area contributed by atoms with Crippen LogP contribution in [0.5, 0.6) is 0 Å². The van der Waals surface area contributed by atoms with Crippen molar-refractivity contribution in [2.24, 2.45) is 5.92 Å². The molecular weight excluding hydrogens is 146 g/mol. The van der Waals surface area contributed by atoms with Crippen molar-refractivity contribution in [3.8, 4) is 0 Å². The van der Waals surface area contributed by atoms with Gasteiger partial charge in [-0.2, -0.15) is 0 Å².